The molecule has 1 aromatic heterocycles. The molecule has 0 saturated carbocycles. The molecule has 1 heterocycles. The van der Waals surface area contributed by atoms with Gasteiger partial charge in [0.15, 0.2) is 0 Å². The van der Waals surface area contributed by atoms with Crippen LogP contribution >= 0.6 is 0 Å². The lowest BCUT2D eigenvalue weighted by molar-refractivity contribution is 0.171. The summed E-state index contributed by atoms with van der Waals surface area (Å²) in [6, 6.07) is 17.6. The number of aliphatic hydroxyl groups is 1. The molecular weight excluding hydrogens is 530 g/mol. The number of ether oxygens (including phenoxy) is 1. The number of nitrogens with zero attached hydrogens (tertiary/aromatic N) is 2. The van der Waals surface area contributed by atoms with Gasteiger partial charge in [-0.05, 0) is 66.1 Å². The Morgan fingerprint density at radius 2 is 1.81 bits per heavy atom. The molecule has 0 saturated heterocycles. The summed E-state index contributed by atoms with van der Waals surface area (Å²) in [7, 11) is 0. The summed E-state index contributed by atoms with van der Waals surface area (Å²) in [6.45, 7) is 7.35. The highest BCUT2D eigenvalue weighted by atomic mass is 16.5. The van der Waals surface area contributed by atoms with Crippen molar-refractivity contribution in [2.24, 2.45) is 10.4 Å². The molecule has 2 amide bonds. The molecule has 0 aliphatic heterocycles. The summed E-state index contributed by atoms with van der Waals surface area (Å²) < 4.78 is 7.77. The molecule has 1 aliphatic carbocycles. The van der Waals surface area contributed by atoms with Gasteiger partial charge in [0.25, 0.3) is 0 Å². The third-order valence-corrected chi connectivity index (χ3v) is 7.17. The number of amidine groups is 1. The van der Waals surface area contributed by atoms with Crippen molar-refractivity contribution < 1.29 is 14.6 Å². The minimum absolute atomic E-state index is 0.117. The minimum Gasteiger partial charge on any atom is -0.484 e. The van der Waals surface area contributed by atoms with E-state index in [-0.39, 0.29) is 41.9 Å². The van der Waals surface area contributed by atoms with Gasteiger partial charge in [0, 0.05) is 12.1 Å². The first-order chi connectivity index (χ1) is 19.9. The second-order valence-corrected chi connectivity index (χ2v) is 11.5. The van der Waals surface area contributed by atoms with Crippen LogP contribution in [0, 0.1) is 21.6 Å². The molecule has 0 radical (unpaired) electrons. The van der Waals surface area contributed by atoms with E-state index in [2.05, 4.69) is 15.6 Å². The number of hydrogen-bond donors (Lipinski definition) is 6. The summed E-state index contributed by atoms with van der Waals surface area (Å²) in [4.78, 5) is 17.9. The Labute approximate surface area is 246 Å². The van der Waals surface area contributed by atoms with E-state index in [4.69, 9.17) is 21.0 Å². The van der Waals surface area contributed by atoms with Crippen molar-refractivity contribution in [2.45, 2.75) is 65.7 Å². The smallest absolute Gasteiger partial charge is 0.320 e. The lowest BCUT2D eigenvalue weighted by Gasteiger charge is -2.32. The molecule has 0 spiro atoms. The van der Waals surface area contributed by atoms with Gasteiger partial charge in [-0.15, -0.1) is 0 Å². The van der Waals surface area contributed by atoms with Gasteiger partial charge in [-0.25, -0.2) is 9.79 Å². The highest BCUT2D eigenvalue weighted by molar-refractivity contribution is 6.09. The van der Waals surface area contributed by atoms with Crippen molar-refractivity contribution in [1.29, 1.82) is 16.2 Å². The predicted molar refractivity (Wildman–Crippen MR) is 164 cm³/mol. The number of nitrogens with one attached hydrogen (secondary N) is 5. The highest BCUT2D eigenvalue weighted by Crippen LogP contribution is 2.38. The van der Waals surface area contributed by atoms with Crippen LogP contribution in [0.25, 0.3) is 0 Å². The summed E-state index contributed by atoms with van der Waals surface area (Å²) >= 11 is 0. The zero-order valence-electron chi connectivity index (χ0n) is 24.5. The Hall–Kier alpha value is -4.57. The zero-order valence-corrected chi connectivity index (χ0v) is 24.5. The van der Waals surface area contributed by atoms with Crippen LogP contribution < -0.4 is 20.9 Å². The number of amides is 2. The van der Waals surface area contributed by atoms with Crippen molar-refractivity contribution >= 4 is 29.1 Å². The Morgan fingerprint density at radius 3 is 2.50 bits per heavy atom. The average Bonchev–Trinajstić information content (AvgIpc) is 2.94. The van der Waals surface area contributed by atoms with Crippen molar-refractivity contribution in [3.8, 4) is 5.75 Å². The second-order valence-electron chi connectivity index (χ2n) is 11.5. The minimum atomic E-state index is -0.415. The van der Waals surface area contributed by atoms with E-state index in [0.717, 1.165) is 11.1 Å². The molecule has 10 nitrogen and oxygen atoms in total. The molecule has 10 heteroatoms. The van der Waals surface area contributed by atoms with E-state index >= 15 is 0 Å². The van der Waals surface area contributed by atoms with Gasteiger partial charge in [0.05, 0.1) is 24.5 Å². The molecule has 2 unspecified atom stereocenters. The third kappa shape index (κ3) is 7.58. The van der Waals surface area contributed by atoms with Crippen molar-refractivity contribution in [3.05, 3.63) is 89.0 Å². The van der Waals surface area contributed by atoms with Crippen LogP contribution in [0.3, 0.4) is 0 Å². The molecule has 1 aliphatic rings. The fourth-order valence-electron chi connectivity index (χ4n) is 4.77. The molecular formula is C32H39N7O3. The number of fused-ring (bicyclic) bond motifs is 1. The lowest BCUT2D eigenvalue weighted by Crippen LogP contribution is -2.43. The first kappa shape index (κ1) is 30.4. The van der Waals surface area contributed by atoms with Gasteiger partial charge >= 0.3 is 6.03 Å². The van der Waals surface area contributed by atoms with Crippen molar-refractivity contribution in [2.75, 3.05) is 0 Å². The number of aliphatic imine (C=N–C) groups is 1. The van der Waals surface area contributed by atoms with E-state index in [9.17, 15) is 9.90 Å². The number of aromatic nitrogens is 1. The van der Waals surface area contributed by atoms with E-state index in [1.807, 2.05) is 45.0 Å². The number of aliphatic hydroxyl groups excluding tert-OH is 1. The molecule has 42 heavy (non-hydrogen) atoms. The molecule has 2 atom stereocenters. The van der Waals surface area contributed by atoms with Crippen LogP contribution in [0.2, 0.25) is 0 Å². The van der Waals surface area contributed by atoms with Crippen LogP contribution in [0.5, 0.6) is 5.75 Å². The highest BCUT2D eigenvalue weighted by Gasteiger charge is 2.30. The molecule has 0 bridgehead atoms. The number of carbonyl (C=O) groups excluding carboxylic acids is 1. The molecule has 0 fully saturated rings. The molecule has 6 N–H and O–H groups in total. The number of hydrogen-bond acceptors (Lipinski definition) is 7. The zero-order chi connectivity index (χ0) is 30.4. The monoisotopic (exact) mass is 569 g/mol. The van der Waals surface area contributed by atoms with E-state index in [1.54, 1.807) is 49.5 Å². The van der Waals surface area contributed by atoms with Crippen molar-refractivity contribution in [3.63, 3.8) is 0 Å². The molecule has 2 aromatic carbocycles. The third-order valence-electron chi connectivity index (χ3n) is 7.17. The van der Waals surface area contributed by atoms with Crippen LogP contribution in [-0.4, -0.2) is 33.1 Å². The number of pyridine rings is 1. The Morgan fingerprint density at radius 1 is 1.07 bits per heavy atom. The predicted octanol–water partition coefficient (Wildman–Crippen LogP) is 5.75. The molecule has 3 aromatic rings. The summed E-state index contributed by atoms with van der Waals surface area (Å²) in [6.07, 6.45) is 2.86. The largest absolute Gasteiger partial charge is 0.484 e. The van der Waals surface area contributed by atoms with Gasteiger partial charge in [-0.2, -0.15) is 0 Å². The van der Waals surface area contributed by atoms with Gasteiger partial charge < -0.3 is 20.6 Å². The summed E-state index contributed by atoms with van der Waals surface area (Å²) in [5.74, 6) is 1.14. The fraction of sp³-hybridized carbons (Fsp3) is 0.344. The number of rotatable bonds is 7. The Bertz CT molecular complexity index is 1570. The Balaban J connectivity index is 1.52. The van der Waals surface area contributed by atoms with Gasteiger partial charge in [0.2, 0.25) is 0 Å². The van der Waals surface area contributed by atoms with E-state index < -0.39 is 6.03 Å². The van der Waals surface area contributed by atoms with Crippen LogP contribution in [0.1, 0.15) is 75.8 Å². The molecule has 220 valence electrons. The quantitative estimate of drug-likeness (QED) is 0.158. The van der Waals surface area contributed by atoms with Gasteiger partial charge in [-0.3, -0.25) is 20.7 Å². The van der Waals surface area contributed by atoms with Gasteiger partial charge in [-0.1, -0.05) is 57.2 Å². The number of benzene rings is 2. The average molecular weight is 570 g/mol. The fourth-order valence-corrected chi connectivity index (χ4v) is 4.77. The summed E-state index contributed by atoms with van der Waals surface area (Å²) in [5.41, 5.74) is 3.46. The van der Waals surface area contributed by atoms with Crippen LogP contribution in [0.4, 0.5) is 10.5 Å². The van der Waals surface area contributed by atoms with Crippen molar-refractivity contribution in [1.82, 2.24) is 15.2 Å². The standard InChI is InChI=1S/C32H39N7O3/c1-20(33)39-18-23(12-15-29(39)35)42-27-14-13-26(24-10-5-6-11-25(24)27)37-31(41)38-30(17-28(34)32(2,3)4)36-22-9-7-8-21(16-22)19-40/h5-12,15-16,18,26-27,33-35,40H,13-14,17,19H2,1-4H3,(H2,36,37,38,41). The first-order valence-electron chi connectivity index (χ1n) is 14.0. The van der Waals surface area contributed by atoms with Gasteiger partial charge in [0.1, 0.15) is 29.0 Å². The number of carbonyl (C=O) groups is 1. The maximum absolute atomic E-state index is 13.3. The number of urea groups is 1. The maximum Gasteiger partial charge on any atom is 0.320 e. The first-order valence-corrected chi connectivity index (χ1v) is 14.0. The molecule has 4 rings (SSSR count). The van der Waals surface area contributed by atoms with E-state index in [0.29, 0.717) is 41.4 Å². The van der Waals surface area contributed by atoms with Crippen LogP contribution in [-0.2, 0) is 6.61 Å². The topological polar surface area (TPSA) is 159 Å². The lowest BCUT2D eigenvalue weighted by atomic mass is 9.85. The normalized spacial score (nSPS) is 16.7. The van der Waals surface area contributed by atoms with E-state index in [1.165, 1.54) is 4.57 Å². The maximum atomic E-state index is 13.3. The SMILES string of the molecule is CC(=N)n1cc(OC2CCC(NC(=O)NC(CC(=N)C(C)(C)C)=Nc3cccc(CO)c3)c3ccccc32)ccc1=N. The summed E-state index contributed by atoms with van der Waals surface area (Å²) in [5, 5.41) is 39.9. The Kier molecular flexibility index (Phi) is 9.37. The van der Waals surface area contributed by atoms with Crippen LogP contribution in [0.15, 0.2) is 71.9 Å². The second kappa shape index (κ2) is 12.9.